The van der Waals surface area contributed by atoms with Gasteiger partial charge in [0.05, 0.1) is 34.7 Å². The lowest BCUT2D eigenvalue weighted by Crippen LogP contribution is -2.29. The molecule has 1 saturated heterocycles. The van der Waals surface area contributed by atoms with Crippen LogP contribution in [0.2, 0.25) is 0 Å². The number of nitro groups is 1. The lowest BCUT2D eigenvalue weighted by atomic mass is 10.0. The molecule has 5 rings (SSSR count). The van der Waals surface area contributed by atoms with Gasteiger partial charge in [-0.2, -0.15) is 4.39 Å². The van der Waals surface area contributed by atoms with Crippen molar-refractivity contribution in [2.24, 2.45) is 0 Å². The van der Waals surface area contributed by atoms with Crippen molar-refractivity contribution in [3.63, 3.8) is 0 Å². The van der Waals surface area contributed by atoms with Crippen molar-refractivity contribution in [2.75, 3.05) is 13.7 Å². The van der Waals surface area contributed by atoms with E-state index in [9.17, 15) is 23.7 Å². The minimum absolute atomic E-state index is 0.00808. The summed E-state index contributed by atoms with van der Waals surface area (Å²) in [5.74, 6) is -1.11. The second-order valence-electron chi connectivity index (χ2n) is 8.09. The number of non-ortho nitro benzene ring substituents is 1. The predicted molar refractivity (Wildman–Crippen MR) is 124 cm³/mol. The van der Waals surface area contributed by atoms with Gasteiger partial charge in [0.15, 0.2) is 11.6 Å². The van der Waals surface area contributed by atoms with Gasteiger partial charge < -0.3 is 10.1 Å². The number of ether oxygens (including phenoxy) is 1. The second kappa shape index (κ2) is 8.84. The van der Waals surface area contributed by atoms with Gasteiger partial charge in [0, 0.05) is 36.0 Å². The van der Waals surface area contributed by atoms with Gasteiger partial charge in [-0.1, -0.05) is 0 Å². The van der Waals surface area contributed by atoms with Gasteiger partial charge in [-0.05, 0) is 43.1 Å². The van der Waals surface area contributed by atoms with Crippen molar-refractivity contribution < 1.29 is 18.4 Å². The molecule has 0 spiro atoms. The second-order valence-corrected chi connectivity index (χ2v) is 8.09. The summed E-state index contributed by atoms with van der Waals surface area (Å²) in [6.07, 6.45) is 2.76. The molecule has 0 radical (unpaired) electrons. The molecule has 1 atom stereocenters. The molecular formula is C24H19F2N5O4. The van der Waals surface area contributed by atoms with Crippen LogP contribution in [0.25, 0.3) is 27.7 Å². The third-order valence-electron chi connectivity index (χ3n) is 6.00. The summed E-state index contributed by atoms with van der Waals surface area (Å²) in [4.78, 5) is 33.2. The van der Waals surface area contributed by atoms with E-state index in [0.717, 1.165) is 24.6 Å². The molecule has 3 heterocycles. The fourth-order valence-electron chi connectivity index (χ4n) is 4.37. The largest absolute Gasteiger partial charge is 0.494 e. The van der Waals surface area contributed by atoms with Crippen LogP contribution in [0.3, 0.4) is 0 Å². The number of pyridine rings is 1. The molecule has 0 saturated carbocycles. The van der Waals surface area contributed by atoms with Crippen LogP contribution < -0.4 is 15.6 Å². The van der Waals surface area contributed by atoms with Gasteiger partial charge in [-0.15, -0.1) is 0 Å². The van der Waals surface area contributed by atoms with Crippen LogP contribution in [-0.4, -0.2) is 33.1 Å². The summed E-state index contributed by atoms with van der Waals surface area (Å²) in [7, 11) is 1.33. The maximum absolute atomic E-state index is 14.6. The minimum Gasteiger partial charge on any atom is -0.494 e. The number of halogens is 2. The van der Waals surface area contributed by atoms with Gasteiger partial charge >= 0.3 is 0 Å². The van der Waals surface area contributed by atoms with E-state index in [1.54, 1.807) is 0 Å². The topological polar surface area (TPSA) is 112 Å². The highest BCUT2D eigenvalue weighted by Gasteiger charge is 2.27. The van der Waals surface area contributed by atoms with E-state index in [1.165, 1.54) is 42.1 Å². The maximum Gasteiger partial charge on any atom is 0.271 e. The standard InChI is InChI=1S/C24H19F2N5O4/c1-35-20-5-4-14(12-18(20)25)30-23(19-3-2-7-27-19)29-22-16(13-6-8-28-21(26)9-13)10-15(31(33)34)11-17(22)24(30)32/h4-6,8-12,19,27H,2-3,7H2,1H3. The van der Waals surface area contributed by atoms with Crippen molar-refractivity contribution in [1.29, 1.82) is 0 Å². The van der Waals surface area contributed by atoms with Crippen LogP contribution in [0.15, 0.2) is 53.5 Å². The van der Waals surface area contributed by atoms with E-state index in [1.807, 2.05) is 0 Å². The lowest BCUT2D eigenvalue weighted by Gasteiger charge is -2.19. The molecule has 11 heteroatoms. The lowest BCUT2D eigenvalue weighted by molar-refractivity contribution is -0.384. The van der Waals surface area contributed by atoms with E-state index in [4.69, 9.17) is 9.72 Å². The average Bonchev–Trinajstić information content (AvgIpc) is 3.38. The Morgan fingerprint density at radius 2 is 2.03 bits per heavy atom. The summed E-state index contributed by atoms with van der Waals surface area (Å²) >= 11 is 0. The first-order valence-electron chi connectivity index (χ1n) is 10.8. The number of hydrogen-bond acceptors (Lipinski definition) is 7. The van der Waals surface area contributed by atoms with Crippen molar-refractivity contribution >= 4 is 16.6 Å². The Labute approximate surface area is 197 Å². The normalized spacial score (nSPS) is 15.5. The van der Waals surface area contributed by atoms with Crippen molar-refractivity contribution in [2.45, 2.75) is 18.9 Å². The molecule has 1 N–H and O–H groups in total. The Bertz CT molecular complexity index is 1530. The van der Waals surface area contributed by atoms with Crippen LogP contribution in [0.1, 0.15) is 24.7 Å². The summed E-state index contributed by atoms with van der Waals surface area (Å²) in [6.45, 7) is 0.707. The first kappa shape index (κ1) is 22.5. The summed E-state index contributed by atoms with van der Waals surface area (Å²) in [5, 5.41) is 14.9. The molecule has 35 heavy (non-hydrogen) atoms. The molecule has 4 aromatic rings. The number of nitrogens with zero attached hydrogens (tertiary/aromatic N) is 4. The van der Waals surface area contributed by atoms with Gasteiger partial charge in [-0.3, -0.25) is 19.5 Å². The molecule has 0 amide bonds. The Morgan fingerprint density at radius 3 is 2.69 bits per heavy atom. The van der Waals surface area contributed by atoms with E-state index < -0.39 is 22.2 Å². The Hall–Kier alpha value is -4.25. The molecule has 1 aliphatic heterocycles. The molecule has 9 nitrogen and oxygen atoms in total. The number of hydrogen-bond donors (Lipinski definition) is 1. The fraction of sp³-hybridized carbons (Fsp3) is 0.208. The summed E-state index contributed by atoms with van der Waals surface area (Å²) < 4.78 is 34.7. The van der Waals surface area contributed by atoms with Crippen LogP contribution in [0.4, 0.5) is 14.5 Å². The molecule has 2 aromatic carbocycles. The van der Waals surface area contributed by atoms with E-state index in [-0.39, 0.29) is 45.2 Å². The van der Waals surface area contributed by atoms with Gasteiger partial charge in [0.25, 0.3) is 11.2 Å². The Balaban J connectivity index is 1.88. The highest BCUT2D eigenvalue weighted by atomic mass is 19.1. The third kappa shape index (κ3) is 3.99. The highest BCUT2D eigenvalue weighted by molar-refractivity contribution is 5.95. The number of fused-ring (bicyclic) bond motifs is 1. The molecule has 1 aliphatic rings. The fourth-order valence-corrected chi connectivity index (χ4v) is 4.37. The zero-order chi connectivity index (χ0) is 24.7. The van der Waals surface area contributed by atoms with Gasteiger partial charge in [0.1, 0.15) is 5.82 Å². The van der Waals surface area contributed by atoms with Gasteiger partial charge in [-0.25, -0.2) is 14.4 Å². The smallest absolute Gasteiger partial charge is 0.271 e. The Morgan fingerprint density at radius 1 is 1.20 bits per heavy atom. The predicted octanol–water partition coefficient (Wildman–Crippen LogP) is 4.07. The Kier molecular flexibility index (Phi) is 5.69. The van der Waals surface area contributed by atoms with Crippen molar-refractivity contribution in [3.05, 3.63) is 86.7 Å². The van der Waals surface area contributed by atoms with E-state index in [2.05, 4.69) is 10.3 Å². The minimum atomic E-state index is -0.776. The number of methoxy groups -OCH3 is 1. The molecular weight excluding hydrogens is 460 g/mol. The number of benzene rings is 2. The number of rotatable bonds is 5. The van der Waals surface area contributed by atoms with E-state index >= 15 is 0 Å². The van der Waals surface area contributed by atoms with Crippen LogP contribution >= 0.6 is 0 Å². The van der Waals surface area contributed by atoms with Crippen LogP contribution in [0, 0.1) is 21.9 Å². The van der Waals surface area contributed by atoms with Crippen molar-refractivity contribution in [1.82, 2.24) is 19.9 Å². The first-order valence-corrected chi connectivity index (χ1v) is 10.8. The van der Waals surface area contributed by atoms with Gasteiger partial charge in [0.2, 0.25) is 5.95 Å². The van der Waals surface area contributed by atoms with E-state index in [0.29, 0.717) is 18.8 Å². The first-order chi connectivity index (χ1) is 16.9. The third-order valence-corrected chi connectivity index (χ3v) is 6.00. The molecule has 0 aliphatic carbocycles. The number of aromatic nitrogens is 3. The van der Waals surface area contributed by atoms with Crippen molar-refractivity contribution in [3.8, 4) is 22.6 Å². The molecule has 1 unspecified atom stereocenters. The SMILES string of the molecule is COc1ccc(-n2c(C3CCCN3)nc3c(-c4ccnc(F)c4)cc([N+](=O)[O-])cc3c2=O)cc1F. The average molecular weight is 479 g/mol. The number of nitrogens with one attached hydrogen (secondary N) is 1. The number of nitro benzene ring substituents is 1. The van der Waals surface area contributed by atoms with Crippen LogP contribution in [0.5, 0.6) is 5.75 Å². The maximum atomic E-state index is 14.6. The summed E-state index contributed by atoms with van der Waals surface area (Å²) in [5.41, 5.74) is -0.0725. The zero-order valence-electron chi connectivity index (χ0n) is 18.5. The monoisotopic (exact) mass is 479 g/mol. The highest BCUT2D eigenvalue weighted by Crippen LogP contribution is 2.33. The molecule has 1 fully saturated rings. The molecule has 178 valence electrons. The quantitative estimate of drug-likeness (QED) is 0.261. The van der Waals surface area contributed by atoms with Crippen LogP contribution in [-0.2, 0) is 0 Å². The molecule has 0 bridgehead atoms. The zero-order valence-corrected chi connectivity index (χ0v) is 18.5. The summed E-state index contributed by atoms with van der Waals surface area (Å²) in [6, 6.07) is 8.76. The molecule has 2 aromatic heterocycles.